The molecule has 0 saturated carbocycles. The van der Waals surface area contributed by atoms with Crippen LogP contribution in [0, 0.1) is 18.3 Å². The molecule has 0 aromatic heterocycles. The van der Waals surface area contributed by atoms with Crippen molar-refractivity contribution < 1.29 is 0 Å². The summed E-state index contributed by atoms with van der Waals surface area (Å²) in [6, 6.07) is 6.51. The van der Waals surface area contributed by atoms with Gasteiger partial charge in [0.1, 0.15) is 0 Å². The highest BCUT2D eigenvalue weighted by molar-refractivity contribution is 5.74. The molecule has 0 fully saturated rings. The molecule has 0 heterocycles. The van der Waals surface area contributed by atoms with Gasteiger partial charge in [0, 0.05) is 5.56 Å². The number of benzene rings is 1. The Kier molecular flexibility index (Phi) is 6.44. The third-order valence-corrected chi connectivity index (χ3v) is 4.74. The topological polar surface area (TPSA) is 0 Å². The fraction of sp³-hybridized carbons (Fsp3) is 0.333. The lowest BCUT2D eigenvalue weighted by atomic mass is 9.91. The van der Waals surface area contributed by atoms with E-state index < -0.39 is 0 Å². The van der Waals surface area contributed by atoms with Crippen LogP contribution in [0.4, 0.5) is 0 Å². The first-order valence-corrected chi connectivity index (χ1v) is 8.78. The maximum atomic E-state index is 5.63. The smallest absolute Gasteiger partial charge is 0.0248 e. The number of terminal acetylenes is 1. The summed E-state index contributed by atoms with van der Waals surface area (Å²) in [5.41, 5.74) is 8.20. The standard InChI is InChI=1S/C24H28/c1-6-8-9-10-18(3)11-13-22-14-12-21(7-2)17-24(22)23-16-19(4)15-20(23)5/h2,6,8-10,12,14,17,19H,1,11,13,15-16H2,3-5H3/b9-8-,18-10+. The molecule has 0 amide bonds. The molecule has 1 aliphatic rings. The molecule has 0 spiro atoms. The highest BCUT2D eigenvalue weighted by Gasteiger charge is 2.21. The van der Waals surface area contributed by atoms with Crippen LogP contribution in [0.2, 0.25) is 0 Å². The van der Waals surface area contributed by atoms with E-state index in [1.807, 2.05) is 6.08 Å². The van der Waals surface area contributed by atoms with Crippen LogP contribution >= 0.6 is 0 Å². The summed E-state index contributed by atoms with van der Waals surface area (Å²) in [5.74, 6) is 3.53. The molecule has 124 valence electrons. The normalized spacial score (nSPS) is 18.2. The molecule has 1 atom stereocenters. The third kappa shape index (κ3) is 4.62. The molecule has 1 aromatic rings. The van der Waals surface area contributed by atoms with E-state index in [2.05, 4.69) is 63.6 Å². The Bertz CT molecular complexity index is 732. The summed E-state index contributed by atoms with van der Waals surface area (Å²) in [7, 11) is 0. The first-order chi connectivity index (χ1) is 11.5. The fourth-order valence-corrected chi connectivity index (χ4v) is 3.46. The van der Waals surface area contributed by atoms with Crippen molar-refractivity contribution in [2.24, 2.45) is 5.92 Å². The molecule has 24 heavy (non-hydrogen) atoms. The SMILES string of the molecule is C#Cc1ccc(CC/C(C)=C/C=C\C=C)c(C2=C(C)CC(C)C2)c1. The van der Waals surface area contributed by atoms with E-state index in [0.717, 1.165) is 24.3 Å². The Morgan fingerprint density at radius 3 is 2.75 bits per heavy atom. The zero-order valence-corrected chi connectivity index (χ0v) is 15.2. The minimum absolute atomic E-state index is 0.744. The molecule has 1 aliphatic carbocycles. The van der Waals surface area contributed by atoms with E-state index in [9.17, 15) is 0 Å². The van der Waals surface area contributed by atoms with E-state index in [4.69, 9.17) is 6.42 Å². The molecule has 0 saturated heterocycles. The molecule has 0 aliphatic heterocycles. The Hall–Kier alpha value is -2.26. The van der Waals surface area contributed by atoms with Crippen LogP contribution in [0.5, 0.6) is 0 Å². The maximum Gasteiger partial charge on any atom is 0.0248 e. The van der Waals surface area contributed by atoms with E-state index in [-0.39, 0.29) is 0 Å². The van der Waals surface area contributed by atoms with Gasteiger partial charge in [-0.25, -0.2) is 0 Å². The van der Waals surface area contributed by atoms with Gasteiger partial charge in [0.15, 0.2) is 0 Å². The molecule has 0 nitrogen and oxygen atoms in total. The molecule has 0 N–H and O–H groups in total. The van der Waals surface area contributed by atoms with Gasteiger partial charge >= 0.3 is 0 Å². The monoisotopic (exact) mass is 316 g/mol. The van der Waals surface area contributed by atoms with Crippen LogP contribution in [0.25, 0.3) is 5.57 Å². The summed E-state index contributed by atoms with van der Waals surface area (Å²) in [6.07, 6.45) is 18.1. The van der Waals surface area contributed by atoms with Crippen molar-refractivity contribution in [1.29, 1.82) is 0 Å². The van der Waals surface area contributed by atoms with Crippen LogP contribution in [-0.4, -0.2) is 0 Å². The quantitative estimate of drug-likeness (QED) is 0.415. The van der Waals surface area contributed by atoms with Gasteiger partial charge in [-0.05, 0) is 74.3 Å². The second-order valence-electron chi connectivity index (χ2n) is 6.92. The molecule has 2 rings (SSSR count). The summed E-state index contributed by atoms with van der Waals surface area (Å²) < 4.78 is 0. The van der Waals surface area contributed by atoms with Crippen molar-refractivity contribution >= 4 is 5.57 Å². The number of rotatable bonds is 6. The minimum Gasteiger partial charge on any atom is -0.115 e. The fourth-order valence-electron chi connectivity index (χ4n) is 3.46. The molecule has 1 unspecified atom stereocenters. The zero-order chi connectivity index (χ0) is 17.5. The van der Waals surface area contributed by atoms with Gasteiger partial charge < -0.3 is 0 Å². The Balaban J connectivity index is 2.26. The lowest BCUT2D eigenvalue weighted by Crippen LogP contribution is -1.97. The van der Waals surface area contributed by atoms with Crippen molar-refractivity contribution in [3.8, 4) is 12.3 Å². The first kappa shape index (κ1) is 18.1. The van der Waals surface area contributed by atoms with E-state index >= 15 is 0 Å². The molecular weight excluding hydrogens is 288 g/mol. The molecule has 0 bridgehead atoms. The minimum atomic E-state index is 0.744. The predicted octanol–water partition coefficient (Wildman–Crippen LogP) is 6.49. The van der Waals surface area contributed by atoms with Crippen LogP contribution in [0.3, 0.4) is 0 Å². The lowest BCUT2D eigenvalue weighted by Gasteiger charge is -2.13. The summed E-state index contributed by atoms with van der Waals surface area (Å²) in [5, 5.41) is 0. The Morgan fingerprint density at radius 2 is 2.12 bits per heavy atom. The lowest BCUT2D eigenvalue weighted by molar-refractivity contribution is 0.631. The number of allylic oxidation sites excluding steroid dienone is 7. The number of hydrogen-bond donors (Lipinski definition) is 0. The van der Waals surface area contributed by atoms with Crippen molar-refractivity contribution in [2.75, 3.05) is 0 Å². The maximum absolute atomic E-state index is 5.63. The van der Waals surface area contributed by atoms with Gasteiger partial charge in [-0.1, -0.05) is 60.9 Å². The summed E-state index contributed by atoms with van der Waals surface area (Å²) in [4.78, 5) is 0. The molecular formula is C24H28. The molecule has 1 aromatic carbocycles. The average molecular weight is 316 g/mol. The number of aryl methyl sites for hydroxylation is 1. The Morgan fingerprint density at radius 1 is 1.33 bits per heavy atom. The predicted molar refractivity (Wildman–Crippen MR) is 107 cm³/mol. The Labute approximate surface area is 147 Å². The summed E-state index contributed by atoms with van der Waals surface area (Å²) in [6.45, 7) is 10.5. The second-order valence-corrected chi connectivity index (χ2v) is 6.92. The largest absolute Gasteiger partial charge is 0.115 e. The van der Waals surface area contributed by atoms with Crippen molar-refractivity contribution in [3.05, 3.63) is 76.9 Å². The van der Waals surface area contributed by atoms with E-state index in [1.165, 1.54) is 40.7 Å². The second kappa shape index (κ2) is 8.55. The zero-order valence-electron chi connectivity index (χ0n) is 15.2. The van der Waals surface area contributed by atoms with Crippen LogP contribution in [-0.2, 0) is 6.42 Å². The first-order valence-electron chi connectivity index (χ1n) is 8.78. The van der Waals surface area contributed by atoms with Crippen LogP contribution < -0.4 is 0 Å². The van der Waals surface area contributed by atoms with Gasteiger partial charge in [0.2, 0.25) is 0 Å². The van der Waals surface area contributed by atoms with Crippen molar-refractivity contribution in [2.45, 2.75) is 46.5 Å². The van der Waals surface area contributed by atoms with Crippen LogP contribution in [0.15, 0.2) is 60.2 Å². The third-order valence-electron chi connectivity index (χ3n) is 4.74. The van der Waals surface area contributed by atoms with Gasteiger partial charge in [-0.15, -0.1) is 6.42 Å². The van der Waals surface area contributed by atoms with Gasteiger partial charge in [-0.2, -0.15) is 0 Å². The van der Waals surface area contributed by atoms with Gasteiger partial charge in [0.25, 0.3) is 0 Å². The highest BCUT2D eigenvalue weighted by Crippen LogP contribution is 2.39. The van der Waals surface area contributed by atoms with Crippen molar-refractivity contribution in [1.82, 2.24) is 0 Å². The number of hydrogen-bond acceptors (Lipinski definition) is 0. The van der Waals surface area contributed by atoms with Crippen molar-refractivity contribution in [3.63, 3.8) is 0 Å². The highest BCUT2D eigenvalue weighted by atomic mass is 14.3. The van der Waals surface area contributed by atoms with Gasteiger partial charge in [-0.3, -0.25) is 0 Å². The van der Waals surface area contributed by atoms with E-state index in [1.54, 1.807) is 6.08 Å². The van der Waals surface area contributed by atoms with E-state index in [0.29, 0.717) is 0 Å². The average Bonchev–Trinajstić information content (AvgIpc) is 2.91. The van der Waals surface area contributed by atoms with Gasteiger partial charge in [0.05, 0.1) is 0 Å². The molecule has 0 radical (unpaired) electrons. The van der Waals surface area contributed by atoms with Crippen LogP contribution in [0.1, 0.15) is 56.7 Å². The summed E-state index contributed by atoms with van der Waals surface area (Å²) >= 11 is 0. The molecule has 0 heteroatoms.